The van der Waals surface area contributed by atoms with Gasteiger partial charge >= 0.3 is 5.97 Å². The van der Waals surface area contributed by atoms with Crippen LogP contribution in [0.1, 0.15) is 18.1 Å². The lowest BCUT2D eigenvalue weighted by Gasteiger charge is -2.36. The molecular formula is C23H23N3O5S. The van der Waals surface area contributed by atoms with Crippen LogP contribution in [0, 0.1) is 10.1 Å². The van der Waals surface area contributed by atoms with Crippen LogP contribution < -0.4 is 4.74 Å². The molecule has 9 heteroatoms. The summed E-state index contributed by atoms with van der Waals surface area (Å²) in [4.78, 5) is 29.4. The van der Waals surface area contributed by atoms with Crippen molar-refractivity contribution >= 4 is 34.8 Å². The number of thioether (sulfide) groups is 1. The smallest absolute Gasteiger partial charge is 0.339 e. The third-order valence-corrected chi connectivity index (χ3v) is 6.04. The zero-order chi connectivity index (χ0) is 23.3. The predicted octanol–water partition coefficient (Wildman–Crippen LogP) is 4.58. The normalized spacial score (nSPS) is 15.9. The average Bonchev–Trinajstić information content (AvgIpc) is 2.78. The van der Waals surface area contributed by atoms with Crippen LogP contribution >= 0.6 is 11.8 Å². The molecule has 32 heavy (non-hydrogen) atoms. The van der Waals surface area contributed by atoms with E-state index in [-0.39, 0.29) is 11.3 Å². The summed E-state index contributed by atoms with van der Waals surface area (Å²) < 4.78 is 5.19. The Kier molecular flexibility index (Phi) is 7.32. The average molecular weight is 454 g/mol. The number of hydrogen-bond donors (Lipinski definition) is 1. The topological polar surface area (TPSA) is 105 Å². The first-order valence-electron chi connectivity index (χ1n) is 9.75. The Morgan fingerprint density at radius 1 is 1.34 bits per heavy atom. The summed E-state index contributed by atoms with van der Waals surface area (Å²) in [6, 6.07) is 13.7. The molecule has 0 bridgehead atoms. The van der Waals surface area contributed by atoms with Crippen molar-refractivity contribution in [3.8, 4) is 5.75 Å². The third kappa shape index (κ3) is 5.00. The summed E-state index contributed by atoms with van der Waals surface area (Å²) in [6.07, 6.45) is 1.66. The zero-order valence-corrected chi connectivity index (χ0v) is 18.5. The number of carboxylic acid groups (broad SMARTS) is 1. The molecule has 0 amide bonds. The Bertz CT molecular complexity index is 1100. The Morgan fingerprint density at radius 3 is 2.66 bits per heavy atom. The highest BCUT2D eigenvalue weighted by Gasteiger charge is 2.33. The largest absolute Gasteiger partial charge is 0.497 e. The Morgan fingerprint density at radius 2 is 2.06 bits per heavy atom. The maximum atomic E-state index is 12.1. The molecule has 0 aliphatic carbocycles. The van der Waals surface area contributed by atoms with E-state index in [1.165, 1.54) is 23.9 Å². The van der Waals surface area contributed by atoms with E-state index in [0.717, 1.165) is 11.3 Å². The number of nitro groups is 1. The van der Waals surface area contributed by atoms with E-state index in [9.17, 15) is 20.0 Å². The summed E-state index contributed by atoms with van der Waals surface area (Å²) in [7, 11) is 1.61. The lowest BCUT2D eigenvalue weighted by Crippen LogP contribution is -2.37. The molecule has 1 heterocycles. The minimum atomic E-state index is -1.14. The molecule has 166 valence electrons. The highest BCUT2D eigenvalue weighted by atomic mass is 32.2. The van der Waals surface area contributed by atoms with Gasteiger partial charge in [-0.25, -0.2) is 4.79 Å². The maximum Gasteiger partial charge on any atom is 0.339 e. The van der Waals surface area contributed by atoms with E-state index in [0.29, 0.717) is 29.3 Å². The molecule has 0 radical (unpaired) electrons. The van der Waals surface area contributed by atoms with Crippen molar-refractivity contribution < 1.29 is 19.6 Å². The molecule has 2 aromatic carbocycles. The van der Waals surface area contributed by atoms with Gasteiger partial charge in [-0.05, 0) is 24.6 Å². The second kappa shape index (κ2) is 10.1. The van der Waals surface area contributed by atoms with E-state index < -0.39 is 16.4 Å². The predicted molar refractivity (Wildman–Crippen MR) is 126 cm³/mol. The number of hydrogen-bond acceptors (Lipinski definition) is 7. The van der Waals surface area contributed by atoms with Gasteiger partial charge in [0, 0.05) is 30.0 Å². The van der Waals surface area contributed by atoms with Crippen molar-refractivity contribution in [1.29, 1.82) is 0 Å². The molecule has 1 N–H and O–H groups in total. The van der Waals surface area contributed by atoms with Crippen LogP contribution in [0.25, 0.3) is 5.70 Å². The number of ether oxygens (including phenoxy) is 1. The van der Waals surface area contributed by atoms with E-state index >= 15 is 0 Å². The molecule has 0 saturated carbocycles. The van der Waals surface area contributed by atoms with Gasteiger partial charge in [-0.3, -0.25) is 15.1 Å². The van der Waals surface area contributed by atoms with Gasteiger partial charge in [0.05, 0.1) is 23.4 Å². The number of benzene rings is 2. The van der Waals surface area contributed by atoms with Crippen molar-refractivity contribution in [3.05, 3.63) is 88.0 Å². The summed E-state index contributed by atoms with van der Waals surface area (Å²) in [5.41, 5.74) is 1.75. The van der Waals surface area contributed by atoms with Gasteiger partial charge in [-0.1, -0.05) is 30.3 Å². The lowest BCUT2D eigenvalue weighted by atomic mass is 10.00. The molecule has 1 unspecified atom stereocenters. The Labute approximate surface area is 190 Å². The fraction of sp³-hybridized carbons (Fsp3) is 0.217. The molecule has 0 saturated heterocycles. The molecular weight excluding hydrogens is 430 g/mol. The molecule has 1 atom stereocenters. The number of aliphatic carboxylic acids is 1. The molecule has 1 aliphatic rings. The first kappa shape index (κ1) is 23.1. The van der Waals surface area contributed by atoms with E-state index in [4.69, 9.17) is 4.74 Å². The number of aliphatic imine (C=N–C) groups is 1. The summed E-state index contributed by atoms with van der Waals surface area (Å²) in [5, 5.41) is 21.2. The van der Waals surface area contributed by atoms with E-state index in [1.54, 1.807) is 32.2 Å². The number of rotatable bonds is 9. The fourth-order valence-electron chi connectivity index (χ4n) is 3.40. The van der Waals surface area contributed by atoms with Crippen LogP contribution in [0.5, 0.6) is 5.75 Å². The molecule has 3 rings (SSSR count). The Balaban J connectivity index is 2.00. The quantitative estimate of drug-likeness (QED) is 0.337. The lowest BCUT2D eigenvalue weighted by molar-refractivity contribution is -0.384. The standard InChI is InChI=1S/C23H23N3O5S/c1-4-12-25-21(17-6-5-7-18(13-17)26(29)30)20(22(27)28)15(2)24-23(25)32-14-16-8-10-19(31-3)11-9-16/h4-11,13,23H,1,12,14H2,2-3H3,(H,27,28). The van der Waals surface area contributed by atoms with Crippen molar-refractivity contribution in [3.63, 3.8) is 0 Å². The maximum absolute atomic E-state index is 12.1. The minimum absolute atomic E-state index is 0.0219. The van der Waals surface area contributed by atoms with Gasteiger partial charge in [0.2, 0.25) is 0 Å². The Hall–Kier alpha value is -3.59. The molecule has 0 fully saturated rings. The van der Waals surface area contributed by atoms with Crippen LogP contribution in [0.4, 0.5) is 5.69 Å². The third-order valence-electron chi connectivity index (χ3n) is 4.88. The summed E-state index contributed by atoms with van der Waals surface area (Å²) in [6.45, 7) is 5.77. The highest BCUT2D eigenvalue weighted by molar-refractivity contribution is 7.99. The van der Waals surface area contributed by atoms with Gasteiger partial charge in [-0.15, -0.1) is 18.3 Å². The first-order chi connectivity index (χ1) is 15.3. The second-order valence-electron chi connectivity index (χ2n) is 6.98. The second-order valence-corrected chi connectivity index (χ2v) is 8.02. The first-order valence-corrected chi connectivity index (χ1v) is 10.8. The van der Waals surface area contributed by atoms with E-state index in [2.05, 4.69) is 11.6 Å². The van der Waals surface area contributed by atoms with Crippen molar-refractivity contribution in [2.24, 2.45) is 4.99 Å². The minimum Gasteiger partial charge on any atom is -0.497 e. The van der Waals surface area contributed by atoms with Crippen LogP contribution in [0.2, 0.25) is 0 Å². The van der Waals surface area contributed by atoms with Crippen molar-refractivity contribution in [2.75, 3.05) is 13.7 Å². The number of nitrogens with zero attached hydrogens (tertiary/aromatic N) is 3. The van der Waals surface area contributed by atoms with Gasteiger partial charge in [0.25, 0.3) is 5.69 Å². The van der Waals surface area contributed by atoms with E-state index in [1.807, 2.05) is 29.2 Å². The van der Waals surface area contributed by atoms with Crippen LogP contribution in [0.15, 0.2) is 71.8 Å². The molecule has 0 aromatic heterocycles. The molecule has 2 aromatic rings. The summed E-state index contributed by atoms with van der Waals surface area (Å²) >= 11 is 1.53. The molecule has 8 nitrogen and oxygen atoms in total. The number of carbonyl (C=O) groups is 1. The van der Waals surface area contributed by atoms with Gasteiger partial charge in [0.1, 0.15) is 11.3 Å². The van der Waals surface area contributed by atoms with Gasteiger partial charge < -0.3 is 14.7 Å². The zero-order valence-electron chi connectivity index (χ0n) is 17.7. The van der Waals surface area contributed by atoms with Crippen LogP contribution in [0.3, 0.4) is 0 Å². The fourth-order valence-corrected chi connectivity index (χ4v) is 4.54. The van der Waals surface area contributed by atoms with Gasteiger partial charge in [-0.2, -0.15) is 0 Å². The number of nitro benzene ring substituents is 1. The van der Waals surface area contributed by atoms with Gasteiger partial charge in [0.15, 0.2) is 5.50 Å². The van der Waals surface area contributed by atoms with Crippen molar-refractivity contribution in [1.82, 2.24) is 4.90 Å². The highest BCUT2D eigenvalue weighted by Crippen LogP contribution is 2.37. The monoisotopic (exact) mass is 453 g/mol. The van der Waals surface area contributed by atoms with Crippen LogP contribution in [-0.2, 0) is 10.5 Å². The number of carboxylic acids is 1. The number of methoxy groups -OCH3 is 1. The molecule has 0 spiro atoms. The van der Waals surface area contributed by atoms with Crippen LogP contribution in [-0.4, -0.2) is 45.8 Å². The summed E-state index contributed by atoms with van der Waals surface area (Å²) in [5.74, 6) is 0.255. The number of non-ortho nitro benzene ring substituents is 1. The SMILES string of the molecule is C=CCN1C(c2cccc([N+](=O)[O-])c2)=C(C(=O)O)C(C)=NC1SCc1ccc(OC)cc1. The molecule has 1 aliphatic heterocycles. The van der Waals surface area contributed by atoms with Crippen molar-refractivity contribution in [2.45, 2.75) is 18.2 Å².